The van der Waals surface area contributed by atoms with Crippen LogP contribution in [0.1, 0.15) is 0 Å². The lowest BCUT2D eigenvalue weighted by Crippen LogP contribution is -2.33. The number of benzene rings is 2. The van der Waals surface area contributed by atoms with Gasteiger partial charge in [-0.25, -0.2) is 21.9 Å². The molecule has 8 heteroatoms. The van der Waals surface area contributed by atoms with Gasteiger partial charge in [-0.05, 0) is 24.3 Å². The van der Waals surface area contributed by atoms with Gasteiger partial charge in [-0.3, -0.25) is 4.79 Å². The molecule has 0 aliphatic carbocycles. The highest BCUT2D eigenvalue weighted by Gasteiger charge is 2.16. The minimum Gasteiger partial charge on any atom is -0.320 e. The second-order valence-electron chi connectivity index (χ2n) is 4.28. The lowest BCUT2D eigenvalue weighted by molar-refractivity contribution is -0.115. The number of anilines is 1. The highest BCUT2D eigenvalue weighted by atomic mass is 32.2. The molecule has 2 aromatic rings. The average molecular weight is 326 g/mol. The van der Waals surface area contributed by atoms with E-state index < -0.39 is 39.8 Å². The van der Waals surface area contributed by atoms with Crippen LogP contribution in [-0.2, 0) is 14.8 Å². The van der Waals surface area contributed by atoms with E-state index in [9.17, 15) is 22.0 Å². The van der Waals surface area contributed by atoms with E-state index in [4.69, 9.17) is 0 Å². The Morgan fingerprint density at radius 1 is 0.955 bits per heavy atom. The maximum absolute atomic E-state index is 13.4. The van der Waals surface area contributed by atoms with Crippen LogP contribution in [0.2, 0.25) is 0 Å². The van der Waals surface area contributed by atoms with Crippen molar-refractivity contribution in [2.45, 2.75) is 4.90 Å². The highest BCUT2D eigenvalue weighted by Crippen LogP contribution is 2.17. The van der Waals surface area contributed by atoms with Crippen LogP contribution in [0.3, 0.4) is 0 Å². The first-order valence-electron chi connectivity index (χ1n) is 6.19. The van der Waals surface area contributed by atoms with Gasteiger partial charge in [-0.1, -0.05) is 24.3 Å². The maximum Gasteiger partial charge on any atom is 0.241 e. The summed E-state index contributed by atoms with van der Waals surface area (Å²) >= 11 is 0. The fourth-order valence-electron chi connectivity index (χ4n) is 1.64. The number of carbonyl (C=O) groups is 1. The molecular formula is C14H12F2N2O3S. The van der Waals surface area contributed by atoms with Crippen LogP contribution in [0.25, 0.3) is 0 Å². The fourth-order valence-corrected chi connectivity index (χ4v) is 2.65. The van der Waals surface area contributed by atoms with Gasteiger partial charge in [0.2, 0.25) is 15.9 Å². The zero-order valence-electron chi connectivity index (χ0n) is 11.2. The molecule has 116 valence electrons. The molecule has 5 nitrogen and oxygen atoms in total. The summed E-state index contributed by atoms with van der Waals surface area (Å²) < 4.78 is 52.5. The molecule has 0 aromatic heterocycles. The zero-order valence-corrected chi connectivity index (χ0v) is 12.0. The fraction of sp³-hybridized carbons (Fsp3) is 0.0714. The van der Waals surface area contributed by atoms with Crippen molar-refractivity contribution in [3.05, 3.63) is 60.2 Å². The van der Waals surface area contributed by atoms with Crippen LogP contribution in [-0.4, -0.2) is 20.9 Å². The van der Waals surface area contributed by atoms with Crippen molar-refractivity contribution in [1.82, 2.24) is 4.72 Å². The van der Waals surface area contributed by atoms with E-state index in [1.165, 1.54) is 24.3 Å². The van der Waals surface area contributed by atoms with E-state index >= 15 is 0 Å². The molecule has 0 atom stereocenters. The summed E-state index contributed by atoms with van der Waals surface area (Å²) in [7, 11) is -3.87. The monoisotopic (exact) mass is 326 g/mol. The molecule has 2 N–H and O–H groups in total. The molecule has 0 aliphatic rings. The van der Waals surface area contributed by atoms with Crippen LogP contribution in [0, 0.1) is 11.6 Å². The Kier molecular flexibility index (Phi) is 4.84. The molecule has 0 saturated heterocycles. The summed E-state index contributed by atoms with van der Waals surface area (Å²) in [5.74, 6) is -2.78. The van der Waals surface area contributed by atoms with Crippen LogP contribution in [0.5, 0.6) is 0 Å². The largest absolute Gasteiger partial charge is 0.320 e. The Bertz CT molecular complexity index is 760. The van der Waals surface area contributed by atoms with Crippen LogP contribution < -0.4 is 10.0 Å². The second kappa shape index (κ2) is 6.63. The van der Waals surface area contributed by atoms with Gasteiger partial charge in [0.15, 0.2) is 0 Å². The van der Waals surface area contributed by atoms with E-state index in [1.54, 1.807) is 6.07 Å². The number of hydrogen-bond acceptors (Lipinski definition) is 3. The van der Waals surface area contributed by atoms with Gasteiger partial charge in [0.05, 0.1) is 11.4 Å². The number of para-hydroxylation sites is 1. The van der Waals surface area contributed by atoms with Crippen molar-refractivity contribution in [3.8, 4) is 0 Å². The number of carbonyl (C=O) groups excluding carboxylic acids is 1. The van der Waals surface area contributed by atoms with Crippen molar-refractivity contribution in [1.29, 1.82) is 0 Å². The molecule has 0 spiro atoms. The molecule has 1 amide bonds. The lowest BCUT2D eigenvalue weighted by atomic mass is 10.3. The lowest BCUT2D eigenvalue weighted by Gasteiger charge is -2.09. The van der Waals surface area contributed by atoms with Crippen molar-refractivity contribution in [2.24, 2.45) is 0 Å². The molecule has 0 fully saturated rings. The number of halogens is 2. The van der Waals surface area contributed by atoms with Gasteiger partial charge in [0.25, 0.3) is 0 Å². The second-order valence-corrected chi connectivity index (χ2v) is 6.05. The Labute approximate surface area is 126 Å². The Hall–Kier alpha value is -2.32. The van der Waals surface area contributed by atoms with E-state index in [0.717, 1.165) is 18.2 Å². The van der Waals surface area contributed by atoms with Gasteiger partial charge in [-0.15, -0.1) is 0 Å². The first-order chi connectivity index (χ1) is 10.4. The van der Waals surface area contributed by atoms with E-state index in [-0.39, 0.29) is 4.90 Å². The molecular weight excluding hydrogens is 314 g/mol. The van der Waals surface area contributed by atoms with Crippen LogP contribution in [0.15, 0.2) is 53.4 Å². The summed E-state index contributed by atoms with van der Waals surface area (Å²) in [6.45, 7) is -0.648. The van der Waals surface area contributed by atoms with Crippen molar-refractivity contribution < 1.29 is 22.0 Å². The first kappa shape index (κ1) is 16.1. The van der Waals surface area contributed by atoms with Crippen molar-refractivity contribution >= 4 is 21.6 Å². The van der Waals surface area contributed by atoms with E-state index in [2.05, 4.69) is 0 Å². The number of rotatable bonds is 5. The summed E-state index contributed by atoms with van der Waals surface area (Å²) in [4.78, 5) is 11.6. The number of amides is 1. The third-order valence-corrected chi connectivity index (χ3v) is 4.12. The molecule has 0 unspecified atom stereocenters. The average Bonchev–Trinajstić information content (AvgIpc) is 2.50. The highest BCUT2D eigenvalue weighted by molar-refractivity contribution is 7.89. The number of nitrogens with one attached hydrogen (secondary N) is 2. The van der Waals surface area contributed by atoms with Crippen LogP contribution >= 0.6 is 0 Å². The predicted octanol–water partition coefficient (Wildman–Crippen LogP) is 1.88. The van der Waals surface area contributed by atoms with E-state index in [1.807, 2.05) is 10.0 Å². The molecule has 0 heterocycles. The van der Waals surface area contributed by atoms with Gasteiger partial charge >= 0.3 is 0 Å². The third kappa shape index (κ3) is 3.86. The SMILES string of the molecule is O=C(CNS(=O)(=O)c1ccccc1)Nc1c(F)cccc1F. The smallest absolute Gasteiger partial charge is 0.241 e. The minimum atomic E-state index is -3.87. The molecule has 0 bridgehead atoms. The van der Waals surface area contributed by atoms with Crippen molar-refractivity contribution in [2.75, 3.05) is 11.9 Å². The maximum atomic E-state index is 13.4. The summed E-state index contributed by atoms with van der Waals surface area (Å²) in [5.41, 5.74) is -0.619. The molecule has 2 rings (SSSR count). The summed E-state index contributed by atoms with van der Waals surface area (Å²) in [6, 6.07) is 10.5. The van der Waals surface area contributed by atoms with Crippen molar-refractivity contribution in [3.63, 3.8) is 0 Å². The quantitative estimate of drug-likeness (QED) is 0.881. The van der Waals surface area contributed by atoms with Gasteiger partial charge < -0.3 is 5.32 Å². The van der Waals surface area contributed by atoms with Gasteiger partial charge in [0.1, 0.15) is 17.3 Å². The Balaban J connectivity index is 2.02. The third-order valence-electron chi connectivity index (χ3n) is 2.70. The first-order valence-corrected chi connectivity index (χ1v) is 7.67. The minimum absolute atomic E-state index is 0.0140. The van der Waals surface area contributed by atoms with Gasteiger partial charge in [0, 0.05) is 0 Å². The summed E-state index contributed by atoms with van der Waals surface area (Å²) in [5, 5.41) is 1.99. The topological polar surface area (TPSA) is 75.3 Å². The van der Waals surface area contributed by atoms with Crippen LogP contribution in [0.4, 0.5) is 14.5 Å². The standard InChI is InChI=1S/C14H12F2N2O3S/c15-11-7-4-8-12(16)14(11)18-13(19)9-17-22(20,21)10-5-2-1-3-6-10/h1-8,17H,9H2,(H,18,19). The normalized spacial score (nSPS) is 11.2. The van der Waals surface area contributed by atoms with E-state index in [0.29, 0.717) is 0 Å². The number of sulfonamides is 1. The predicted molar refractivity (Wildman–Crippen MR) is 76.6 cm³/mol. The van der Waals surface area contributed by atoms with Gasteiger partial charge in [-0.2, -0.15) is 0 Å². The molecule has 0 saturated carbocycles. The molecule has 22 heavy (non-hydrogen) atoms. The number of hydrogen-bond donors (Lipinski definition) is 2. The zero-order chi connectivity index (χ0) is 16.2. The molecule has 0 aliphatic heterocycles. The molecule has 2 aromatic carbocycles. The molecule has 0 radical (unpaired) electrons. The Morgan fingerprint density at radius 3 is 2.14 bits per heavy atom. The summed E-state index contributed by atoms with van der Waals surface area (Å²) in [6.07, 6.45) is 0. The Morgan fingerprint density at radius 2 is 1.55 bits per heavy atom.